The van der Waals surface area contributed by atoms with Crippen molar-refractivity contribution >= 4 is 23.8 Å². The summed E-state index contributed by atoms with van der Waals surface area (Å²) in [5.74, 6) is -1.49. The quantitative estimate of drug-likeness (QED) is 0.514. The molecule has 1 amide bonds. The van der Waals surface area contributed by atoms with E-state index in [4.69, 9.17) is 5.11 Å². The zero-order valence-corrected chi connectivity index (χ0v) is 11.0. The van der Waals surface area contributed by atoms with E-state index >= 15 is 0 Å². The first kappa shape index (κ1) is 15.9. The summed E-state index contributed by atoms with van der Waals surface area (Å²) in [4.78, 5) is 32.7. The second-order valence-corrected chi connectivity index (χ2v) is 5.60. The van der Waals surface area contributed by atoms with Gasteiger partial charge in [0, 0.05) is 23.0 Å². The third kappa shape index (κ3) is 5.67. The van der Waals surface area contributed by atoms with Crippen LogP contribution in [-0.2, 0) is 9.59 Å². The maximum Gasteiger partial charge on any atom is 0.327 e. The number of amides is 1. The van der Waals surface area contributed by atoms with Crippen molar-refractivity contribution in [3.8, 4) is 0 Å². The number of nitroso groups, excluding NO2 is 1. The van der Waals surface area contributed by atoms with Gasteiger partial charge in [0.1, 0.15) is 6.04 Å². The second-order valence-electron chi connectivity index (χ2n) is 4.21. The zero-order chi connectivity index (χ0) is 13.5. The molecule has 0 saturated heterocycles. The average Bonchev–Trinajstić information content (AvgIpc) is 2.22. The number of nitrogens with zero attached hydrogens (tertiary/aromatic N) is 1. The maximum absolute atomic E-state index is 11.5. The first-order chi connectivity index (χ1) is 7.85. The molecule has 7 heteroatoms. The molecular weight excluding hydrogens is 244 g/mol. The molecule has 0 aromatic heterocycles. The summed E-state index contributed by atoms with van der Waals surface area (Å²) >= 11 is 0.610. The molecule has 0 bridgehead atoms. The van der Waals surface area contributed by atoms with E-state index in [0.717, 1.165) is 6.42 Å². The Morgan fingerprint density at radius 1 is 1.47 bits per heavy atom. The fourth-order valence-corrected chi connectivity index (χ4v) is 1.71. The van der Waals surface area contributed by atoms with Gasteiger partial charge in [0.2, 0.25) is 5.91 Å². The van der Waals surface area contributed by atoms with E-state index in [-0.39, 0.29) is 12.3 Å². The minimum atomic E-state index is -1.17. The highest BCUT2D eigenvalue weighted by Gasteiger charge is 2.38. The number of nitrogens with one attached hydrogen (secondary N) is 1. The van der Waals surface area contributed by atoms with E-state index in [1.54, 1.807) is 13.8 Å². The molecule has 0 saturated carbocycles. The van der Waals surface area contributed by atoms with Crippen LogP contribution in [0, 0.1) is 4.91 Å². The van der Waals surface area contributed by atoms with Crippen molar-refractivity contribution in [2.45, 2.75) is 50.8 Å². The Labute approximate surface area is 105 Å². The normalized spacial score (nSPS) is 12.9. The van der Waals surface area contributed by atoms with Gasteiger partial charge >= 0.3 is 5.97 Å². The van der Waals surface area contributed by atoms with Gasteiger partial charge in [0.05, 0.1) is 4.75 Å². The van der Waals surface area contributed by atoms with E-state index in [1.165, 1.54) is 0 Å². The minimum Gasteiger partial charge on any atom is -0.480 e. The fourth-order valence-electron chi connectivity index (χ4n) is 1.25. The SMILES string of the molecule is CCCCC(=O)N[C@H](C(=O)O)C(C)(C)SN=O. The highest BCUT2D eigenvalue weighted by atomic mass is 32.2. The van der Waals surface area contributed by atoms with Crippen LogP contribution < -0.4 is 5.32 Å². The van der Waals surface area contributed by atoms with Crippen LogP contribution in [0.1, 0.15) is 40.0 Å². The van der Waals surface area contributed by atoms with Gasteiger partial charge in [-0.05, 0) is 20.3 Å². The number of carboxylic acids is 1. The number of hydrogen-bond donors (Lipinski definition) is 2. The molecule has 0 spiro atoms. The number of rotatable bonds is 8. The molecule has 1 atom stereocenters. The summed E-state index contributed by atoms with van der Waals surface area (Å²) in [6, 6.07) is -1.13. The molecule has 0 aromatic carbocycles. The Bertz CT molecular complexity index is 294. The Hall–Kier alpha value is -1.11. The Kier molecular flexibility index (Phi) is 6.79. The first-order valence-electron chi connectivity index (χ1n) is 5.38. The molecule has 0 fully saturated rings. The van der Waals surface area contributed by atoms with Crippen molar-refractivity contribution < 1.29 is 14.7 Å². The smallest absolute Gasteiger partial charge is 0.327 e. The maximum atomic E-state index is 11.5. The number of carboxylic acid groups (broad SMARTS) is 1. The average molecular weight is 262 g/mol. The highest BCUT2D eigenvalue weighted by molar-refractivity contribution is 7.99. The predicted octanol–water partition coefficient (Wildman–Crippen LogP) is 1.94. The second kappa shape index (κ2) is 7.26. The van der Waals surface area contributed by atoms with Crippen LogP contribution in [0.25, 0.3) is 0 Å². The lowest BCUT2D eigenvalue weighted by molar-refractivity contribution is -0.142. The van der Waals surface area contributed by atoms with Crippen LogP contribution in [0.3, 0.4) is 0 Å². The molecule has 0 radical (unpaired) electrons. The number of unbranched alkanes of at least 4 members (excludes halogenated alkanes) is 1. The van der Waals surface area contributed by atoms with Crippen LogP contribution in [0.5, 0.6) is 0 Å². The highest BCUT2D eigenvalue weighted by Crippen LogP contribution is 2.29. The molecule has 0 aliphatic carbocycles. The van der Waals surface area contributed by atoms with Gasteiger partial charge in [-0.2, -0.15) is 0 Å². The Balaban J connectivity index is 4.59. The van der Waals surface area contributed by atoms with Gasteiger partial charge in [0.15, 0.2) is 0 Å². The van der Waals surface area contributed by atoms with Crippen molar-refractivity contribution in [3.63, 3.8) is 0 Å². The van der Waals surface area contributed by atoms with Crippen LogP contribution in [-0.4, -0.2) is 27.8 Å². The van der Waals surface area contributed by atoms with Gasteiger partial charge < -0.3 is 10.4 Å². The van der Waals surface area contributed by atoms with Crippen LogP contribution in [0.4, 0.5) is 0 Å². The Morgan fingerprint density at radius 3 is 2.47 bits per heavy atom. The van der Waals surface area contributed by atoms with Crippen molar-refractivity contribution in [2.24, 2.45) is 4.58 Å². The topological polar surface area (TPSA) is 95.8 Å². The molecular formula is C10H18N2O4S. The largest absolute Gasteiger partial charge is 0.480 e. The first-order valence-corrected chi connectivity index (χ1v) is 6.15. The number of carbonyl (C=O) groups is 2. The summed E-state index contributed by atoms with van der Waals surface area (Å²) in [7, 11) is 0. The number of aliphatic carboxylic acids is 1. The number of carbonyl (C=O) groups excluding carboxylic acids is 1. The molecule has 0 rings (SSSR count). The Morgan fingerprint density at radius 2 is 2.06 bits per heavy atom. The third-order valence-electron chi connectivity index (χ3n) is 2.28. The van der Waals surface area contributed by atoms with E-state index in [1.807, 2.05) is 6.92 Å². The van der Waals surface area contributed by atoms with E-state index < -0.39 is 16.8 Å². The van der Waals surface area contributed by atoms with Crippen LogP contribution >= 0.6 is 11.9 Å². The van der Waals surface area contributed by atoms with Crippen molar-refractivity contribution in [1.29, 1.82) is 0 Å². The lowest BCUT2D eigenvalue weighted by atomic mass is 10.0. The summed E-state index contributed by atoms with van der Waals surface area (Å²) in [6.45, 7) is 5.05. The summed E-state index contributed by atoms with van der Waals surface area (Å²) in [5, 5.41) is 11.5. The molecule has 0 unspecified atom stereocenters. The zero-order valence-electron chi connectivity index (χ0n) is 10.2. The van der Waals surface area contributed by atoms with Gasteiger partial charge in [-0.1, -0.05) is 13.3 Å². The summed E-state index contributed by atoms with van der Waals surface area (Å²) in [6.07, 6.45) is 1.85. The van der Waals surface area contributed by atoms with Crippen molar-refractivity contribution in [2.75, 3.05) is 0 Å². The summed E-state index contributed by atoms with van der Waals surface area (Å²) < 4.78 is 1.66. The molecule has 0 aliphatic heterocycles. The molecule has 2 N–H and O–H groups in total. The van der Waals surface area contributed by atoms with Crippen LogP contribution in [0.2, 0.25) is 0 Å². The molecule has 17 heavy (non-hydrogen) atoms. The monoisotopic (exact) mass is 262 g/mol. The summed E-state index contributed by atoms with van der Waals surface area (Å²) in [5.41, 5.74) is 0. The van der Waals surface area contributed by atoms with Crippen LogP contribution in [0.15, 0.2) is 4.58 Å². The van der Waals surface area contributed by atoms with E-state index in [9.17, 15) is 14.5 Å². The van der Waals surface area contributed by atoms with Gasteiger partial charge in [-0.3, -0.25) is 4.79 Å². The predicted molar refractivity (Wildman–Crippen MR) is 66.6 cm³/mol. The molecule has 0 aromatic rings. The van der Waals surface area contributed by atoms with E-state index in [2.05, 4.69) is 9.90 Å². The standard InChI is InChI=1S/C10H18N2O4S/c1-4-5-6-7(13)11-8(9(14)15)10(2,3)17-12-16/h8H,4-6H2,1-3H3,(H,11,13)(H,14,15)/t8-/m1/s1. The van der Waals surface area contributed by atoms with Gasteiger partial charge in [-0.15, -0.1) is 4.91 Å². The molecule has 98 valence electrons. The number of hydrogen-bond acceptors (Lipinski definition) is 5. The molecule has 6 nitrogen and oxygen atoms in total. The lowest BCUT2D eigenvalue weighted by Crippen LogP contribution is -2.52. The lowest BCUT2D eigenvalue weighted by Gasteiger charge is -2.28. The van der Waals surface area contributed by atoms with Gasteiger partial charge in [-0.25, -0.2) is 4.79 Å². The van der Waals surface area contributed by atoms with Crippen molar-refractivity contribution in [3.05, 3.63) is 4.91 Å². The minimum absolute atomic E-state index is 0.287. The van der Waals surface area contributed by atoms with Gasteiger partial charge in [0.25, 0.3) is 0 Å². The van der Waals surface area contributed by atoms with Crippen molar-refractivity contribution in [1.82, 2.24) is 5.32 Å². The fraction of sp³-hybridized carbons (Fsp3) is 0.800. The molecule has 0 heterocycles. The van der Waals surface area contributed by atoms with E-state index in [0.29, 0.717) is 18.4 Å². The third-order valence-corrected chi connectivity index (χ3v) is 3.06. The molecule has 0 aliphatic rings.